The maximum absolute atomic E-state index is 10.9. The molecule has 5 rings (SSSR count). The third kappa shape index (κ3) is 2.59. The lowest BCUT2D eigenvalue weighted by Crippen LogP contribution is -2.19. The predicted octanol–water partition coefficient (Wildman–Crippen LogP) is 4.76. The van der Waals surface area contributed by atoms with E-state index < -0.39 is 6.10 Å². The first-order valence-corrected chi connectivity index (χ1v) is 9.29. The smallest absolute Gasteiger partial charge is 0.160 e. The fraction of sp³-hybridized carbons (Fsp3) is 0.167. The molecule has 3 heteroatoms. The van der Waals surface area contributed by atoms with E-state index in [2.05, 4.69) is 42.5 Å². The normalized spacial score (nSPS) is 21.6. The standard InChI is InChI=1S/C24H21NO2/c1-25-23(16-9-3-2-4-10-16)22-18-12-6-5-11-17(18)15-21(26)19-13-7-8-14-20(19)24(22)27-25/h2-14,21,23,26H,15H2,1H3. The van der Waals surface area contributed by atoms with Gasteiger partial charge >= 0.3 is 0 Å². The number of rotatable bonds is 1. The topological polar surface area (TPSA) is 32.7 Å². The molecule has 134 valence electrons. The summed E-state index contributed by atoms with van der Waals surface area (Å²) in [5.41, 5.74) is 6.55. The van der Waals surface area contributed by atoms with Gasteiger partial charge in [0.15, 0.2) is 5.76 Å². The van der Waals surface area contributed by atoms with Crippen LogP contribution in [0.15, 0.2) is 78.9 Å². The van der Waals surface area contributed by atoms with Crippen LogP contribution < -0.4 is 0 Å². The highest BCUT2D eigenvalue weighted by atomic mass is 16.7. The van der Waals surface area contributed by atoms with Crippen molar-refractivity contribution in [1.82, 2.24) is 5.06 Å². The molecule has 0 radical (unpaired) electrons. The van der Waals surface area contributed by atoms with E-state index in [1.54, 1.807) is 0 Å². The van der Waals surface area contributed by atoms with E-state index in [1.165, 1.54) is 11.1 Å². The summed E-state index contributed by atoms with van der Waals surface area (Å²) in [5, 5.41) is 12.8. The zero-order chi connectivity index (χ0) is 18.4. The maximum atomic E-state index is 10.9. The average molecular weight is 355 g/mol. The monoisotopic (exact) mass is 355 g/mol. The molecule has 2 aliphatic rings. The van der Waals surface area contributed by atoms with Crippen molar-refractivity contribution >= 4 is 11.3 Å². The molecule has 3 nitrogen and oxygen atoms in total. The SMILES string of the molecule is CN1OC2=C(c3ccccc3CC(O)c3ccccc32)C1c1ccccc1. The van der Waals surface area contributed by atoms with E-state index in [0.29, 0.717) is 6.42 Å². The summed E-state index contributed by atoms with van der Waals surface area (Å²) in [6.45, 7) is 0. The molecule has 0 aromatic heterocycles. The molecular formula is C24H21NO2. The highest BCUT2D eigenvalue weighted by Gasteiger charge is 2.38. The summed E-state index contributed by atoms with van der Waals surface area (Å²) in [5.74, 6) is 0.841. The first-order valence-electron chi connectivity index (χ1n) is 9.29. The molecule has 3 aromatic carbocycles. The number of hydrogen-bond donors (Lipinski definition) is 1. The Hall–Kier alpha value is -2.88. The van der Waals surface area contributed by atoms with Gasteiger partial charge < -0.3 is 9.94 Å². The van der Waals surface area contributed by atoms with Crippen molar-refractivity contribution in [2.45, 2.75) is 18.6 Å². The lowest BCUT2D eigenvalue weighted by Gasteiger charge is -2.23. The zero-order valence-corrected chi connectivity index (χ0v) is 15.2. The summed E-state index contributed by atoms with van der Waals surface area (Å²) < 4.78 is 0. The maximum Gasteiger partial charge on any atom is 0.160 e. The van der Waals surface area contributed by atoms with Gasteiger partial charge in [0.05, 0.1) is 12.1 Å². The number of aliphatic hydroxyl groups excluding tert-OH is 1. The molecule has 2 unspecified atom stereocenters. The van der Waals surface area contributed by atoms with Crippen molar-refractivity contribution in [1.29, 1.82) is 0 Å². The zero-order valence-electron chi connectivity index (χ0n) is 15.2. The molecule has 0 bridgehead atoms. The fourth-order valence-corrected chi connectivity index (χ4v) is 4.30. The van der Waals surface area contributed by atoms with Crippen LogP contribution in [0.25, 0.3) is 11.3 Å². The van der Waals surface area contributed by atoms with E-state index in [4.69, 9.17) is 4.84 Å². The van der Waals surface area contributed by atoms with Gasteiger partial charge in [-0.2, -0.15) is 0 Å². The number of benzene rings is 3. The Balaban J connectivity index is 1.82. The van der Waals surface area contributed by atoms with Gasteiger partial charge in [-0.3, -0.25) is 0 Å². The average Bonchev–Trinajstić information content (AvgIpc) is 3.04. The molecule has 2 atom stereocenters. The van der Waals surface area contributed by atoms with Crippen LogP contribution in [0, 0.1) is 0 Å². The Morgan fingerprint density at radius 3 is 2.33 bits per heavy atom. The van der Waals surface area contributed by atoms with E-state index in [-0.39, 0.29) is 6.04 Å². The number of aliphatic hydroxyl groups is 1. The second-order valence-corrected chi connectivity index (χ2v) is 7.16. The number of likely N-dealkylation sites (N-methyl/N-ethyl adjacent to an activating group) is 1. The van der Waals surface area contributed by atoms with Gasteiger partial charge in [0.2, 0.25) is 0 Å². The van der Waals surface area contributed by atoms with Gasteiger partial charge in [-0.25, -0.2) is 0 Å². The first kappa shape index (κ1) is 16.3. The van der Waals surface area contributed by atoms with Crippen molar-refractivity contribution in [3.05, 3.63) is 107 Å². The number of hydrogen-bond acceptors (Lipinski definition) is 3. The molecule has 0 fully saturated rings. The Labute approximate surface area is 159 Å². The summed E-state index contributed by atoms with van der Waals surface area (Å²) >= 11 is 0. The number of hydroxylamine groups is 2. The highest BCUT2D eigenvalue weighted by molar-refractivity contribution is 5.94. The van der Waals surface area contributed by atoms with Crippen molar-refractivity contribution in [3.8, 4) is 0 Å². The van der Waals surface area contributed by atoms with Crippen molar-refractivity contribution in [2.24, 2.45) is 0 Å². The van der Waals surface area contributed by atoms with Crippen molar-refractivity contribution < 1.29 is 9.94 Å². The minimum atomic E-state index is -0.555. The largest absolute Gasteiger partial charge is 0.404 e. The van der Waals surface area contributed by atoms with E-state index >= 15 is 0 Å². The molecule has 0 saturated heterocycles. The lowest BCUT2D eigenvalue weighted by atomic mass is 9.82. The predicted molar refractivity (Wildman–Crippen MR) is 106 cm³/mol. The van der Waals surface area contributed by atoms with Crippen LogP contribution in [0.5, 0.6) is 0 Å². The Kier molecular flexibility index (Phi) is 3.85. The third-order valence-corrected chi connectivity index (χ3v) is 5.52. The Bertz CT molecular complexity index is 1030. The Morgan fingerprint density at radius 2 is 1.52 bits per heavy atom. The van der Waals surface area contributed by atoms with Crippen molar-refractivity contribution in [3.63, 3.8) is 0 Å². The van der Waals surface area contributed by atoms with E-state index in [1.807, 2.05) is 48.5 Å². The molecule has 1 heterocycles. The van der Waals surface area contributed by atoms with Gasteiger partial charge in [-0.15, -0.1) is 5.06 Å². The summed E-state index contributed by atoms with van der Waals surface area (Å²) in [6.07, 6.45) is 0.0379. The van der Waals surface area contributed by atoms with Crippen LogP contribution in [0.1, 0.15) is 40.0 Å². The van der Waals surface area contributed by atoms with Gasteiger partial charge in [0, 0.05) is 24.6 Å². The summed E-state index contributed by atoms with van der Waals surface area (Å²) in [6, 6.07) is 26.8. The van der Waals surface area contributed by atoms with Gasteiger partial charge in [-0.05, 0) is 22.3 Å². The minimum absolute atomic E-state index is 0.00523. The first-order chi connectivity index (χ1) is 13.2. The van der Waals surface area contributed by atoms with Crippen LogP contribution in [0.3, 0.4) is 0 Å². The lowest BCUT2D eigenvalue weighted by molar-refractivity contribution is -0.0655. The fourth-order valence-electron chi connectivity index (χ4n) is 4.30. The molecule has 1 aliphatic heterocycles. The molecule has 27 heavy (non-hydrogen) atoms. The van der Waals surface area contributed by atoms with Gasteiger partial charge in [0.1, 0.15) is 0 Å². The number of nitrogens with zero attached hydrogens (tertiary/aromatic N) is 1. The molecule has 1 aliphatic carbocycles. The van der Waals surface area contributed by atoms with Crippen LogP contribution in [0.2, 0.25) is 0 Å². The van der Waals surface area contributed by atoms with Crippen LogP contribution in [-0.2, 0) is 11.3 Å². The number of fused-ring (bicyclic) bond motifs is 4. The van der Waals surface area contributed by atoms with Crippen LogP contribution >= 0.6 is 0 Å². The molecule has 0 saturated carbocycles. The Morgan fingerprint density at radius 1 is 0.852 bits per heavy atom. The van der Waals surface area contributed by atoms with Gasteiger partial charge in [-0.1, -0.05) is 78.9 Å². The van der Waals surface area contributed by atoms with E-state index in [0.717, 1.165) is 28.0 Å². The molecular weight excluding hydrogens is 334 g/mol. The molecule has 3 aromatic rings. The van der Waals surface area contributed by atoms with Crippen LogP contribution in [-0.4, -0.2) is 17.2 Å². The second kappa shape index (κ2) is 6.38. The van der Waals surface area contributed by atoms with Crippen LogP contribution in [0.4, 0.5) is 0 Å². The van der Waals surface area contributed by atoms with E-state index in [9.17, 15) is 5.11 Å². The van der Waals surface area contributed by atoms with Gasteiger partial charge in [0.25, 0.3) is 0 Å². The third-order valence-electron chi connectivity index (χ3n) is 5.52. The summed E-state index contributed by atoms with van der Waals surface area (Å²) in [7, 11) is 1.98. The molecule has 0 amide bonds. The summed E-state index contributed by atoms with van der Waals surface area (Å²) in [4.78, 5) is 6.30. The van der Waals surface area contributed by atoms with Crippen molar-refractivity contribution in [2.75, 3.05) is 7.05 Å². The highest BCUT2D eigenvalue weighted by Crippen LogP contribution is 2.49. The molecule has 1 N–H and O–H groups in total. The quantitative estimate of drug-likeness (QED) is 0.683. The second-order valence-electron chi connectivity index (χ2n) is 7.16. The molecule has 0 spiro atoms. The minimum Gasteiger partial charge on any atom is -0.404 e.